The summed E-state index contributed by atoms with van der Waals surface area (Å²) in [6.45, 7) is 0. The van der Waals surface area contributed by atoms with Gasteiger partial charge in [-0.1, -0.05) is 0 Å². The second-order valence-corrected chi connectivity index (χ2v) is 9.75. The van der Waals surface area contributed by atoms with Crippen LogP contribution in [0.3, 0.4) is 0 Å². The third-order valence-corrected chi connectivity index (χ3v) is 7.56. The number of hydrogen-bond donors (Lipinski definition) is 0. The van der Waals surface area contributed by atoms with Gasteiger partial charge in [0.1, 0.15) is 88.3 Å². The Morgan fingerprint density at radius 1 is 0.408 bits per heavy atom. The molecule has 0 saturated heterocycles. The quantitative estimate of drug-likeness (QED) is 0.162. The molecule has 0 aliphatic heterocycles. The average molecular weight is 656 g/mol. The van der Waals surface area contributed by atoms with Crippen LogP contribution in [0.2, 0.25) is 0 Å². The zero-order chi connectivity index (χ0) is 36.1. The predicted octanol–water partition coefficient (Wildman–Crippen LogP) is 6.90. The van der Waals surface area contributed by atoms with E-state index < -0.39 is 130 Å². The fourth-order valence-electron chi connectivity index (χ4n) is 5.62. The maximum absolute atomic E-state index is 16.9. The van der Waals surface area contributed by atoms with Crippen molar-refractivity contribution < 1.29 is 30.7 Å². The normalized spacial score (nSPS) is 12.4. The molecule has 15 heteroatoms. The maximum Gasteiger partial charge on any atom is 0.180 e. The Kier molecular flexibility index (Phi) is 7.79. The summed E-state index contributed by atoms with van der Waals surface area (Å²) >= 11 is 0. The lowest BCUT2D eigenvalue weighted by molar-refractivity contribution is 0.489. The van der Waals surface area contributed by atoms with Gasteiger partial charge in [-0.2, -0.15) is 42.1 Å². The Balaban J connectivity index is 2.04. The zero-order valence-electron chi connectivity index (χ0n) is 23.5. The Bertz CT molecular complexity index is 2450. The highest BCUT2D eigenvalue weighted by Gasteiger charge is 2.42. The van der Waals surface area contributed by atoms with E-state index in [2.05, 4.69) is 0 Å². The number of halogens is 7. The van der Waals surface area contributed by atoms with E-state index in [9.17, 15) is 49.1 Å². The molecule has 3 aromatic rings. The molecule has 3 aromatic carbocycles. The Morgan fingerprint density at radius 3 is 1.04 bits per heavy atom. The Morgan fingerprint density at radius 2 is 0.755 bits per heavy atom. The van der Waals surface area contributed by atoms with Crippen molar-refractivity contribution in [3.8, 4) is 48.6 Å². The van der Waals surface area contributed by atoms with Gasteiger partial charge in [-0.15, -0.1) is 0 Å². The summed E-state index contributed by atoms with van der Waals surface area (Å²) in [5.74, 6) is -12.8. The molecule has 0 radical (unpaired) electrons. The van der Waals surface area contributed by atoms with Gasteiger partial charge in [0.2, 0.25) is 0 Å². The molecule has 0 amide bonds. The molecule has 0 unspecified atom stereocenters. The third-order valence-electron chi connectivity index (χ3n) is 7.56. The van der Waals surface area contributed by atoms with Gasteiger partial charge in [-0.3, -0.25) is 0 Å². The average Bonchev–Trinajstić information content (AvgIpc) is 3.59. The molecule has 0 spiro atoms. The Hall–Kier alpha value is -7.95. The summed E-state index contributed by atoms with van der Waals surface area (Å²) in [7, 11) is 0. The van der Waals surface area contributed by atoms with Crippen LogP contribution in [-0.4, -0.2) is 0 Å². The fraction of sp³-hybridized carbons (Fsp3) is 0. The third kappa shape index (κ3) is 4.31. The summed E-state index contributed by atoms with van der Waals surface area (Å²) in [6.07, 6.45) is 0. The molecule has 49 heavy (non-hydrogen) atoms. The van der Waals surface area contributed by atoms with Crippen molar-refractivity contribution in [2.45, 2.75) is 0 Å². The first-order valence-electron chi connectivity index (χ1n) is 12.8. The SMILES string of the molecule is N#CC(C#N)=C1C(c2cc(F)c(C#N)c(F)c2F)=C(C#N)c2c1cc1c(c2F)C(C#N)=C(c2cc(F)c(C#N)c(F)c2F)C1=C(C#N)C#N. The molecule has 228 valence electrons. The number of nitrogens with zero attached hydrogens (tertiary/aromatic N) is 8. The van der Waals surface area contributed by atoms with Crippen molar-refractivity contribution in [2.75, 3.05) is 0 Å². The topological polar surface area (TPSA) is 190 Å². The van der Waals surface area contributed by atoms with Gasteiger partial charge in [-0.25, -0.2) is 30.7 Å². The molecule has 2 aliphatic rings. The van der Waals surface area contributed by atoms with Crippen LogP contribution < -0.4 is 0 Å². The molecule has 2 aliphatic carbocycles. The summed E-state index contributed by atoms with van der Waals surface area (Å²) in [5.41, 5.74) is -15.3. The molecule has 0 saturated carbocycles. The van der Waals surface area contributed by atoms with Gasteiger partial charge in [-0.05, 0) is 29.3 Å². The van der Waals surface area contributed by atoms with Crippen LogP contribution in [0.1, 0.15) is 44.5 Å². The van der Waals surface area contributed by atoms with Crippen molar-refractivity contribution in [1.82, 2.24) is 0 Å². The van der Waals surface area contributed by atoms with Crippen molar-refractivity contribution in [3.05, 3.63) is 115 Å². The first kappa shape index (κ1) is 32.4. The molecule has 0 heterocycles. The van der Waals surface area contributed by atoms with Crippen molar-refractivity contribution in [1.29, 1.82) is 42.1 Å². The highest BCUT2D eigenvalue weighted by Crippen LogP contribution is 2.56. The molecule has 0 N–H and O–H groups in total. The van der Waals surface area contributed by atoms with Crippen LogP contribution >= 0.6 is 0 Å². The molecule has 5 rings (SSSR count). The van der Waals surface area contributed by atoms with Crippen LogP contribution in [0, 0.1) is 131 Å². The van der Waals surface area contributed by atoms with E-state index in [1.165, 1.54) is 36.4 Å². The second-order valence-electron chi connectivity index (χ2n) is 9.75. The molecule has 0 atom stereocenters. The summed E-state index contributed by atoms with van der Waals surface area (Å²) < 4.78 is 107. The van der Waals surface area contributed by atoms with Crippen molar-refractivity contribution in [2.24, 2.45) is 0 Å². The first-order chi connectivity index (χ1) is 23.4. The smallest absolute Gasteiger partial charge is 0.180 e. The molecular formula is C34H3F7N8. The first-order valence-corrected chi connectivity index (χ1v) is 12.8. The van der Waals surface area contributed by atoms with Crippen LogP contribution in [0.25, 0.3) is 33.4 Å². The number of allylic oxidation sites excluding steroid dienone is 8. The van der Waals surface area contributed by atoms with Gasteiger partial charge in [0.25, 0.3) is 0 Å². The van der Waals surface area contributed by atoms with E-state index in [0.717, 1.165) is 18.2 Å². The van der Waals surface area contributed by atoms with Gasteiger partial charge >= 0.3 is 0 Å². The predicted molar refractivity (Wildman–Crippen MR) is 150 cm³/mol. The van der Waals surface area contributed by atoms with Gasteiger partial charge in [0.05, 0.1) is 11.1 Å². The lowest BCUT2D eigenvalue weighted by Crippen LogP contribution is -2.03. The van der Waals surface area contributed by atoms with Gasteiger partial charge in [0, 0.05) is 44.5 Å². The van der Waals surface area contributed by atoms with E-state index in [0.29, 0.717) is 0 Å². The standard InChI is InChI=1S/C34H3F7N8/c35-22-2-16(30(37)32(39)18(22)8-46)26-20(10-48)28-14(24(26)12(4-42)5-43)1-15-25(13(6-44)7-45)27(21(11-49)29(15)34(28)41)17-3-23(36)19(9-47)33(40)31(17)38/h1-3H. The minimum absolute atomic E-state index is 0.262. The summed E-state index contributed by atoms with van der Waals surface area (Å²) in [6, 6.07) is 12.3. The monoisotopic (exact) mass is 656 g/mol. The van der Waals surface area contributed by atoms with Crippen LogP contribution in [0.4, 0.5) is 30.7 Å². The van der Waals surface area contributed by atoms with E-state index in [1.807, 2.05) is 0 Å². The molecule has 0 fully saturated rings. The lowest BCUT2D eigenvalue weighted by atomic mass is 9.88. The number of nitriles is 8. The van der Waals surface area contributed by atoms with E-state index in [-0.39, 0.29) is 12.1 Å². The molecular weight excluding hydrogens is 653 g/mol. The Labute approximate surface area is 269 Å². The highest BCUT2D eigenvalue weighted by atomic mass is 19.2. The largest absolute Gasteiger partial charge is 0.206 e. The van der Waals surface area contributed by atoms with E-state index >= 15 is 13.2 Å². The minimum atomic E-state index is -2.03. The van der Waals surface area contributed by atoms with Crippen molar-refractivity contribution >= 4 is 33.4 Å². The number of benzene rings is 3. The van der Waals surface area contributed by atoms with Gasteiger partial charge in [0.15, 0.2) is 23.3 Å². The van der Waals surface area contributed by atoms with Crippen molar-refractivity contribution in [3.63, 3.8) is 0 Å². The fourth-order valence-corrected chi connectivity index (χ4v) is 5.62. The zero-order valence-corrected chi connectivity index (χ0v) is 23.5. The van der Waals surface area contributed by atoms with E-state index in [1.54, 1.807) is 0 Å². The highest BCUT2D eigenvalue weighted by molar-refractivity contribution is 6.30. The van der Waals surface area contributed by atoms with Gasteiger partial charge < -0.3 is 0 Å². The van der Waals surface area contributed by atoms with Crippen LogP contribution in [0.5, 0.6) is 0 Å². The molecule has 8 nitrogen and oxygen atoms in total. The number of rotatable bonds is 2. The number of fused-ring (bicyclic) bond motifs is 2. The summed E-state index contributed by atoms with van der Waals surface area (Å²) in [4.78, 5) is 0. The maximum atomic E-state index is 16.9. The van der Waals surface area contributed by atoms with Crippen LogP contribution in [-0.2, 0) is 0 Å². The molecule has 0 bridgehead atoms. The van der Waals surface area contributed by atoms with E-state index in [4.69, 9.17) is 10.5 Å². The minimum Gasteiger partial charge on any atom is -0.206 e. The molecule has 0 aromatic heterocycles. The summed E-state index contributed by atoms with van der Waals surface area (Å²) in [5, 5.41) is 77.5. The number of hydrogen-bond acceptors (Lipinski definition) is 8. The second kappa shape index (κ2) is 11.8. The van der Waals surface area contributed by atoms with Crippen LogP contribution in [0.15, 0.2) is 29.3 Å². The lowest BCUT2D eigenvalue weighted by Gasteiger charge is -2.13.